The highest BCUT2D eigenvalue weighted by molar-refractivity contribution is 5.85. The lowest BCUT2D eigenvalue weighted by molar-refractivity contribution is -0.136. The lowest BCUT2D eigenvalue weighted by Crippen LogP contribution is -2.47. The molecule has 1 aromatic rings. The predicted molar refractivity (Wildman–Crippen MR) is 81.9 cm³/mol. The van der Waals surface area contributed by atoms with Crippen LogP contribution in [0.1, 0.15) is 38.3 Å². The maximum atomic E-state index is 12.7. The first-order valence-corrected chi connectivity index (χ1v) is 6.87. The van der Waals surface area contributed by atoms with Crippen LogP contribution in [0, 0.1) is 5.41 Å². The number of hydrogen-bond acceptors (Lipinski definition) is 3. The van der Waals surface area contributed by atoms with Gasteiger partial charge in [0.05, 0.1) is 6.20 Å². The number of piperidine rings is 1. The van der Waals surface area contributed by atoms with Gasteiger partial charge in [0.1, 0.15) is 6.04 Å². The fourth-order valence-corrected chi connectivity index (χ4v) is 2.82. The summed E-state index contributed by atoms with van der Waals surface area (Å²) in [6.45, 7) is 6.15. The number of hydrogen-bond donors (Lipinski definition) is 1. The largest absolute Gasteiger partial charge is 0.341 e. The van der Waals surface area contributed by atoms with Gasteiger partial charge in [-0.3, -0.25) is 9.48 Å². The molecule has 1 unspecified atom stereocenters. The quantitative estimate of drug-likeness (QED) is 0.925. The molecule has 1 aliphatic rings. The van der Waals surface area contributed by atoms with E-state index in [1.54, 1.807) is 10.9 Å². The van der Waals surface area contributed by atoms with E-state index in [2.05, 4.69) is 24.3 Å². The number of likely N-dealkylation sites (tertiary alicyclic amines) is 1. The average molecular weight is 301 g/mol. The molecule has 6 heteroatoms. The van der Waals surface area contributed by atoms with E-state index < -0.39 is 0 Å². The first-order chi connectivity index (χ1) is 8.93. The summed E-state index contributed by atoms with van der Waals surface area (Å²) in [6, 6.07) is -0.289. The van der Waals surface area contributed by atoms with Crippen molar-refractivity contribution in [1.29, 1.82) is 0 Å². The van der Waals surface area contributed by atoms with Crippen LogP contribution in [0.2, 0.25) is 0 Å². The van der Waals surface area contributed by atoms with E-state index in [1.165, 1.54) is 6.42 Å². The number of nitrogens with one attached hydrogen (secondary N) is 1. The molecule has 0 spiro atoms. The first-order valence-electron chi connectivity index (χ1n) is 6.87. The molecule has 2 heterocycles. The van der Waals surface area contributed by atoms with Gasteiger partial charge in [-0.2, -0.15) is 5.10 Å². The van der Waals surface area contributed by atoms with Crippen LogP contribution in [-0.2, 0) is 11.8 Å². The number of amides is 1. The van der Waals surface area contributed by atoms with Crippen LogP contribution in [0.5, 0.6) is 0 Å². The fraction of sp³-hybridized carbons (Fsp3) is 0.714. The Morgan fingerprint density at radius 3 is 2.70 bits per heavy atom. The Morgan fingerprint density at radius 2 is 2.20 bits per heavy atom. The Hall–Kier alpha value is -1.07. The number of carbonyl (C=O) groups is 1. The molecule has 5 nitrogen and oxygen atoms in total. The van der Waals surface area contributed by atoms with E-state index in [1.807, 2.05) is 25.2 Å². The van der Waals surface area contributed by atoms with Gasteiger partial charge in [-0.25, -0.2) is 0 Å². The second kappa shape index (κ2) is 6.59. The molecule has 1 fully saturated rings. The van der Waals surface area contributed by atoms with Crippen LogP contribution in [-0.4, -0.2) is 40.7 Å². The number of nitrogens with zero attached hydrogens (tertiary/aromatic N) is 3. The van der Waals surface area contributed by atoms with Gasteiger partial charge in [-0.1, -0.05) is 13.8 Å². The molecule has 0 bridgehead atoms. The molecule has 114 valence electrons. The zero-order chi connectivity index (χ0) is 14.0. The van der Waals surface area contributed by atoms with Gasteiger partial charge >= 0.3 is 0 Å². The Kier molecular flexibility index (Phi) is 5.59. The van der Waals surface area contributed by atoms with Crippen LogP contribution >= 0.6 is 12.4 Å². The highest BCUT2D eigenvalue weighted by atomic mass is 35.5. The van der Waals surface area contributed by atoms with Crippen LogP contribution < -0.4 is 5.32 Å². The minimum absolute atomic E-state index is 0. The van der Waals surface area contributed by atoms with Crippen molar-refractivity contribution in [2.24, 2.45) is 12.5 Å². The normalized spacial score (nSPS) is 19.3. The van der Waals surface area contributed by atoms with E-state index in [0.29, 0.717) is 0 Å². The zero-order valence-electron chi connectivity index (χ0n) is 12.7. The maximum absolute atomic E-state index is 12.7. The highest BCUT2D eigenvalue weighted by Crippen LogP contribution is 2.30. The van der Waals surface area contributed by atoms with E-state index in [0.717, 1.165) is 25.1 Å². The smallest absolute Gasteiger partial charge is 0.244 e. The highest BCUT2D eigenvalue weighted by Gasteiger charge is 2.32. The number of carbonyl (C=O) groups excluding carboxylic acids is 1. The standard InChI is InChI=1S/C14H24N4O.ClH/c1-14(2)6-5-7-18(10-14)13(19)12(15-3)11-8-16-17(4)9-11;/h8-9,12,15H,5-7,10H2,1-4H3;1H. The lowest BCUT2D eigenvalue weighted by Gasteiger charge is -2.39. The SMILES string of the molecule is CNC(C(=O)N1CCCC(C)(C)C1)c1cnn(C)c1.Cl. The third-order valence-corrected chi connectivity index (χ3v) is 3.81. The van der Waals surface area contributed by atoms with Crippen LogP contribution in [0.4, 0.5) is 0 Å². The van der Waals surface area contributed by atoms with Gasteiger partial charge in [0.2, 0.25) is 5.91 Å². The molecular weight excluding hydrogens is 276 g/mol. The number of likely N-dealkylation sites (N-methyl/N-ethyl adjacent to an activating group) is 1. The molecule has 0 aromatic carbocycles. The summed E-state index contributed by atoms with van der Waals surface area (Å²) in [7, 11) is 3.69. The van der Waals surface area contributed by atoms with E-state index in [9.17, 15) is 4.79 Å². The summed E-state index contributed by atoms with van der Waals surface area (Å²) in [5, 5.41) is 7.26. The van der Waals surface area contributed by atoms with Gasteiger partial charge < -0.3 is 10.2 Å². The predicted octanol–water partition coefficient (Wildman–Crippen LogP) is 1.75. The molecule has 0 saturated carbocycles. The van der Waals surface area contributed by atoms with Crippen molar-refractivity contribution in [2.45, 2.75) is 32.7 Å². The molecule has 1 aromatic heterocycles. The molecule has 1 N–H and O–H groups in total. The van der Waals surface area contributed by atoms with Crippen LogP contribution in [0.15, 0.2) is 12.4 Å². The minimum atomic E-state index is -0.289. The number of aryl methyl sites for hydroxylation is 1. The Balaban J connectivity index is 0.00000200. The van der Waals surface area contributed by atoms with Crippen molar-refractivity contribution < 1.29 is 4.79 Å². The number of aromatic nitrogens is 2. The maximum Gasteiger partial charge on any atom is 0.244 e. The summed E-state index contributed by atoms with van der Waals surface area (Å²) >= 11 is 0. The van der Waals surface area contributed by atoms with Gasteiger partial charge in [0.25, 0.3) is 0 Å². The fourth-order valence-electron chi connectivity index (χ4n) is 2.82. The average Bonchev–Trinajstić information content (AvgIpc) is 2.75. The van der Waals surface area contributed by atoms with Crippen molar-refractivity contribution in [3.63, 3.8) is 0 Å². The van der Waals surface area contributed by atoms with Crippen molar-refractivity contribution in [3.05, 3.63) is 18.0 Å². The third-order valence-electron chi connectivity index (χ3n) is 3.81. The van der Waals surface area contributed by atoms with Gasteiger partial charge in [0.15, 0.2) is 0 Å². The van der Waals surface area contributed by atoms with E-state index in [-0.39, 0.29) is 29.8 Å². The topological polar surface area (TPSA) is 50.2 Å². The summed E-state index contributed by atoms with van der Waals surface area (Å²) in [5.41, 5.74) is 1.15. The zero-order valence-corrected chi connectivity index (χ0v) is 13.5. The summed E-state index contributed by atoms with van der Waals surface area (Å²) < 4.78 is 1.73. The van der Waals surface area contributed by atoms with Crippen molar-refractivity contribution in [1.82, 2.24) is 20.0 Å². The van der Waals surface area contributed by atoms with Crippen molar-refractivity contribution in [2.75, 3.05) is 20.1 Å². The van der Waals surface area contributed by atoms with E-state index >= 15 is 0 Å². The first kappa shape index (κ1) is 17.0. The number of halogens is 1. The van der Waals surface area contributed by atoms with Gasteiger partial charge in [0, 0.05) is 31.9 Å². The Bertz CT molecular complexity index is 458. The molecule has 2 rings (SSSR count). The van der Waals surface area contributed by atoms with E-state index in [4.69, 9.17) is 0 Å². The molecule has 20 heavy (non-hydrogen) atoms. The summed E-state index contributed by atoms with van der Waals surface area (Å²) in [4.78, 5) is 14.6. The van der Waals surface area contributed by atoms with Crippen LogP contribution in [0.25, 0.3) is 0 Å². The molecule has 1 atom stereocenters. The summed E-state index contributed by atoms with van der Waals surface area (Å²) in [6.07, 6.45) is 5.93. The molecule has 0 aliphatic carbocycles. The van der Waals surface area contributed by atoms with Crippen molar-refractivity contribution in [3.8, 4) is 0 Å². The van der Waals surface area contributed by atoms with Gasteiger partial charge in [-0.05, 0) is 25.3 Å². The molecule has 1 amide bonds. The molecule has 1 aliphatic heterocycles. The second-order valence-corrected chi connectivity index (χ2v) is 6.20. The Labute approximate surface area is 127 Å². The third kappa shape index (κ3) is 3.73. The monoisotopic (exact) mass is 300 g/mol. The van der Waals surface area contributed by atoms with Gasteiger partial charge in [-0.15, -0.1) is 12.4 Å². The molecule has 0 radical (unpaired) electrons. The van der Waals surface area contributed by atoms with Crippen molar-refractivity contribution >= 4 is 18.3 Å². The summed E-state index contributed by atoms with van der Waals surface area (Å²) in [5.74, 6) is 0.156. The van der Waals surface area contributed by atoms with Crippen LogP contribution in [0.3, 0.4) is 0 Å². The molecular formula is C14H25ClN4O. The lowest BCUT2D eigenvalue weighted by atomic mass is 9.84. The minimum Gasteiger partial charge on any atom is -0.341 e. The second-order valence-electron chi connectivity index (χ2n) is 6.20. The number of rotatable bonds is 3. The molecule has 1 saturated heterocycles. The Morgan fingerprint density at radius 1 is 1.50 bits per heavy atom.